The van der Waals surface area contributed by atoms with Crippen LogP contribution in [0.5, 0.6) is 0 Å². The largest absolute Gasteiger partial charge is 0.254 e. The Morgan fingerprint density at radius 1 is 1.07 bits per heavy atom. The molecule has 0 saturated heterocycles. The molecule has 0 aliphatic carbocycles. The van der Waals surface area contributed by atoms with Gasteiger partial charge in [0, 0.05) is 5.69 Å². The normalized spacial score (nSPS) is 11.4. The van der Waals surface area contributed by atoms with Crippen LogP contribution in [0.4, 0.5) is 4.39 Å². The van der Waals surface area contributed by atoms with E-state index in [0.29, 0.717) is 11.6 Å². The molecule has 0 fully saturated rings. The highest BCUT2D eigenvalue weighted by Gasteiger charge is 2.13. The second-order valence-electron chi connectivity index (χ2n) is 4.37. The minimum atomic E-state index is -0.179. The van der Waals surface area contributed by atoms with Crippen molar-refractivity contribution in [2.45, 2.75) is 46.5 Å². The average Bonchev–Trinajstić information content (AvgIpc) is 2.02. The van der Waals surface area contributed by atoms with Crippen molar-refractivity contribution in [1.82, 2.24) is 4.98 Å². The van der Waals surface area contributed by atoms with Gasteiger partial charge in [-0.1, -0.05) is 27.7 Å². The highest BCUT2D eigenvalue weighted by Crippen LogP contribution is 2.23. The van der Waals surface area contributed by atoms with Gasteiger partial charge in [-0.05, 0) is 30.4 Å². The fourth-order valence-electron chi connectivity index (χ4n) is 1.60. The molecule has 0 aliphatic heterocycles. The highest BCUT2D eigenvalue weighted by atomic mass is 19.1. The number of aromatic nitrogens is 1. The minimum absolute atomic E-state index is 0.146. The van der Waals surface area contributed by atoms with Crippen LogP contribution in [0.25, 0.3) is 0 Å². The van der Waals surface area contributed by atoms with Gasteiger partial charge in [0.1, 0.15) is 5.82 Å². The van der Waals surface area contributed by atoms with Crippen LogP contribution >= 0.6 is 0 Å². The third kappa shape index (κ3) is 2.11. The van der Waals surface area contributed by atoms with Crippen molar-refractivity contribution >= 4 is 0 Å². The molecular weight excluding hydrogens is 177 g/mol. The molecule has 1 aromatic rings. The molecule has 0 atom stereocenters. The zero-order valence-corrected chi connectivity index (χ0v) is 9.56. The van der Waals surface area contributed by atoms with E-state index in [9.17, 15) is 4.39 Å². The molecule has 1 aromatic heterocycles. The standard InChI is InChI=1S/C12H18FN/c1-7(2)11-9(5)6-10(13)12(14-11)8(3)4/h6-8H,1-5H3. The molecule has 0 bridgehead atoms. The fraction of sp³-hybridized carbons (Fsp3) is 0.583. The molecule has 1 nitrogen and oxygen atoms in total. The topological polar surface area (TPSA) is 12.9 Å². The van der Waals surface area contributed by atoms with Crippen molar-refractivity contribution in [1.29, 1.82) is 0 Å². The Bertz CT molecular complexity index is 300. The maximum Gasteiger partial charge on any atom is 0.145 e. The lowest BCUT2D eigenvalue weighted by Crippen LogP contribution is -2.05. The van der Waals surface area contributed by atoms with Gasteiger partial charge >= 0.3 is 0 Å². The monoisotopic (exact) mass is 195 g/mol. The van der Waals surface area contributed by atoms with Crippen LogP contribution in [0, 0.1) is 12.7 Å². The Morgan fingerprint density at radius 2 is 1.57 bits per heavy atom. The number of pyridine rings is 1. The lowest BCUT2D eigenvalue weighted by atomic mass is 10.0. The van der Waals surface area contributed by atoms with Gasteiger partial charge in [-0.15, -0.1) is 0 Å². The van der Waals surface area contributed by atoms with E-state index < -0.39 is 0 Å². The summed E-state index contributed by atoms with van der Waals surface area (Å²) in [5.41, 5.74) is 2.54. The first kappa shape index (κ1) is 11.2. The van der Waals surface area contributed by atoms with E-state index in [-0.39, 0.29) is 11.7 Å². The smallest absolute Gasteiger partial charge is 0.145 e. The van der Waals surface area contributed by atoms with Gasteiger partial charge in [-0.3, -0.25) is 4.98 Å². The molecule has 2 heteroatoms. The van der Waals surface area contributed by atoms with Gasteiger partial charge in [0.05, 0.1) is 5.69 Å². The maximum atomic E-state index is 13.5. The quantitative estimate of drug-likeness (QED) is 0.700. The summed E-state index contributed by atoms with van der Waals surface area (Å²) < 4.78 is 13.5. The van der Waals surface area contributed by atoms with E-state index in [0.717, 1.165) is 11.3 Å². The fourth-order valence-corrected chi connectivity index (χ4v) is 1.60. The van der Waals surface area contributed by atoms with Crippen LogP contribution in [-0.2, 0) is 0 Å². The first-order valence-electron chi connectivity index (χ1n) is 5.10. The van der Waals surface area contributed by atoms with E-state index in [1.165, 1.54) is 0 Å². The number of halogens is 1. The Kier molecular flexibility index (Phi) is 3.25. The molecular formula is C12H18FN. The Morgan fingerprint density at radius 3 is 2.00 bits per heavy atom. The minimum Gasteiger partial charge on any atom is -0.254 e. The number of rotatable bonds is 2. The molecule has 14 heavy (non-hydrogen) atoms. The molecule has 1 rings (SSSR count). The van der Waals surface area contributed by atoms with E-state index in [1.807, 2.05) is 20.8 Å². The van der Waals surface area contributed by atoms with Crippen molar-refractivity contribution in [3.63, 3.8) is 0 Å². The second-order valence-corrected chi connectivity index (χ2v) is 4.37. The van der Waals surface area contributed by atoms with E-state index in [4.69, 9.17) is 0 Å². The van der Waals surface area contributed by atoms with Gasteiger partial charge < -0.3 is 0 Å². The summed E-state index contributed by atoms with van der Waals surface area (Å²) in [7, 11) is 0. The van der Waals surface area contributed by atoms with Crippen molar-refractivity contribution < 1.29 is 4.39 Å². The molecule has 0 aliphatic rings. The Balaban J connectivity index is 3.27. The predicted octanol–water partition coefficient (Wildman–Crippen LogP) is 3.78. The van der Waals surface area contributed by atoms with Gasteiger partial charge in [0.2, 0.25) is 0 Å². The summed E-state index contributed by atoms with van der Waals surface area (Å²) in [6.45, 7) is 10.00. The van der Waals surface area contributed by atoms with Crippen LogP contribution in [0.15, 0.2) is 6.07 Å². The van der Waals surface area contributed by atoms with Crippen molar-refractivity contribution in [3.8, 4) is 0 Å². The van der Waals surface area contributed by atoms with E-state index in [1.54, 1.807) is 6.07 Å². The SMILES string of the molecule is Cc1cc(F)c(C(C)C)nc1C(C)C. The first-order chi connectivity index (χ1) is 6.43. The summed E-state index contributed by atoms with van der Waals surface area (Å²) in [6, 6.07) is 1.59. The lowest BCUT2D eigenvalue weighted by molar-refractivity contribution is 0.576. The zero-order chi connectivity index (χ0) is 10.9. The van der Waals surface area contributed by atoms with Gasteiger partial charge in [-0.2, -0.15) is 0 Å². The van der Waals surface area contributed by atoms with Crippen molar-refractivity contribution in [2.75, 3.05) is 0 Å². The highest BCUT2D eigenvalue weighted by molar-refractivity contribution is 5.26. The zero-order valence-electron chi connectivity index (χ0n) is 9.56. The molecule has 0 saturated carbocycles. The van der Waals surface area contributed by atoms with Crippen LogP contribution < -0.4 is 0 Å². The number of hydrogen-bond acceptors (Lipinski definition) is 1. The van der Waals surface area contributed by atoms with Crippen LogP contribution in [0.1, 0.15) is 56.5 Å². The second kappa shape index (κ2) is 4.07. The van der Waals surface area contributed by atoms with Gasteiger partial charge in [-0.25, -0.2) is 4.39 Å². The lowest BCUT2D eigenvalue weighted by Gasteiger charge is -2.13. The molecule has 0 spiro atoms. The van der Waals surface area contributed by atoms with Gasteiger partial charge in [0.15, 0.2) is 0 Å². The maximum absolute atomic E-state index is 13.5. The molecule has 0 N–H and O–H groups in total. The van der Waals surface area contributed by atoms with Crippen LogP contribution in [0.3, 0.4) is 0 Å². The van der Waals surface area contributed by atoms with E-state index in [2.05, 4.69) is 18.8 Å². The predicted molar refractivity (Wildman–Crippen MR) is 57.1 cm³/mol. The summed E-state index contributed by atoms with van der Waals surface area (Å²) in [5.74, 6) is 0.322. The molecule has 0 amide bonds. The molecule has 78 valence electrons. The van der Waals surface area contributed by atoms with Crippen molar-refractivity contribution in [2.24, 2.45) is 0 Å². The molecule has 1 heterocycles. The third-order valence-electron chi connectivity index (χ3n) is 2.33. The number of aryl methyl sites for hydroxylation is 1. The summed E-state index contributed by atoms with van der Waals surface area (Å²) >= 11 is 0. The van der Waals surface area contributed by atoms with Crippen LogP contribution in [0.2, 0.25) is 0 Å². The summed E-state index contributed by atoms with van der Waals surface area (Å²) in [5, 5.41) is 0. The average molecular weight is 195 g/mol. The first-order valence-corrected chi connectivity index (χ1v) is 5.10. The number of nitrogens with zero attached hydrogens (tertiary/aromatic N) is 1. The molecule has 0 radical (unpaired) electrons. The Labute approximate surface area is 85.4 Å². The Hall–Kier alpha value is -0.920. The summed E-state index contributed by atoms with van der Waals surface area (Å²) in [4.78, 5) is 4.40. The van der Waals surface area contributed by atoms with Crippen molar-refractivity contribution in [3.05, 3.63) is 28.8 Å². The van der Waals surface area contributed by atoms with Gasteiger partial charge in [0.25, 0.3) is 0 Å². The summed E-state index contributed by atoms with van der Waals surface area (Å²) in [6.07, 6.45) is 0. The van der Waals surface area contributed by atoms with E-state index >= 15 is 0 Å². The molecule has 0 aromatic carbocycles. The number of hydrogen-bond donors (Lipinski definition) is 0. The third-order valence-corrected chi connectivity index (χ3v) is 2.33. The van der Waals surface area contributed by atoms with Crippen LogP contribution in [-0.4, -0.2) is 4.98 Å². The molecule has 0 unspecified atom stereocenters.